The highest BCUT2D eigenvalue weighted by Crippen LogP contribution is 2.41. The molecule has 1 saturated carbocycles. The summed E-state index contributed by atoms with van der Waals surface area (Å²) in [5, 5.41) is 2.66. The van der Waals surface area contributed by atoms with Crippen molar-refractivity contribution in [1.82, 2.24) is 14.9 Å². The lowest BCUT2D eigenvalue weighted by molar-refractivity contribution is -0.118. The van der Waals surface area contributed by atoms with Crippen LogP contribution < -0.4 is 5.32 Å². The lowest BCUT2D eigenvalue weighted by Gasteiger charge is -2.27. The first-order chi connectivity index (χ1) is 19.4. The number of nitrogens with zero attached hydrogens (tertiary/aromatic N) is 2. The molecule has 0 spiro atoms. The number of aromatic nitrogens is 2. The summed E-state index contributed by atoms with van der Waals surface area (Å²) in [6.07, 6.45) is 0.842. The van der Waals surface area contributed by atoms with E-state index in [1.807, 2.05) is 35.2 Å². The maximum absolute atomic E-state index is 13.6. The number of halogens is 3. The summed E-state index contributed by atoms with van der Waals surface area (Å²) < 4.78 is 40.1. The number of rotatable bonds is 8. The fraction of sp³-hybridized carbons (Fsp3) is 0.258. The zero-order valence-corrected chi connectivity index (χ0v) is 21.5. The molecule has 204 valence electrons. The molecular weight excluding hydrogens is 517 g/mol. The molecule has 2 aromatic carbocycles. The molecule has 6 nitrogen and oxygen atoms in total. The number of H-pyrrole nitrogens is 1. The van der Waals surface area contributed by atoms with E-state index in [9.17, 15) is 22.8 Å². The highest BCUT2D eigenvalue weighted by molar-refractivity contribution is 6.07. The van der Waals surface area contributed by atoms with Gasteiger partial charge in [-0.15, -0.1) is 0 Å². The van der Waals surface area contributed by atoms with Gasteiger partial charge in [0.1, 0.15) is 11.6 Å². The Bertz CT molecular complexity index is 1550. The minimum absolute atomic E-state index is 0.0156. The molecule has 2 aliphatic rings. The molecule has 2 N–H and O–H groups in total. The summed E-state index contributed by atoms with van der Waals surface area (Å²) in [4.78, 5) is 36.4. The number of anilines is 1. The lowest BCUT2D eigenvalue weighted by Crippen LogP contribution is -2.39. The molecule has 40 heavy (non-hydrogen) atoms. The molecule has 6 rings (SSSR count). The van der Waals surface area contributed by atoms with E-state index in [2.05, 4.69) is 15.3 Å². The molecule has 1 atom stereocenters. The fourth-order valence-electron chi connectivity index (χ4n) is 5.43. The van der Waals surface area contributed by atoms with Crippen LogP contribution in [0.2, 0.25) is 0 Å². The molecule has 3 heterocycles. The van der Waals surface area contributed by atoms with Gasteiger partial charge in [0.15, 0.2) is 0 Å². The van der Waals surface area contributed by atoms with E-state index >= 15 is 0 Å². The van der Waals surface area contributed by atoms with Crippen LogP contribution in [0.4, 0.5) is 19.0 Å². The van der Waals surface area contributed by atoms with Crippen molar-refractivity contribution in [3.8, 4) is 22.4 Å². The third kappa shape index (κ3) is 5.11. The average Bonchev–Trinajstić information content (AvgIpc) is 3.72. The number of aromatic amines is 1. The number of nitrogens with one attached hydrogen (secondary N) is 2. The highest BCUT2D eigenvalue weighted by Gasteiger charge is 2.39. The number of benzene rings is 2. The van der Waals surface area contributed by atoms with Crippen LogP contribution in [-0.4, -0.2) is 45.7 Å². The van der Waals surface area contributed by atoms with Crippen molar-refractivity contribution in [2.45, 2.75) is 44.1 Å². The van der Waals surface area contributed by atoms with Crippen molar-refractivity contribution in [3.63, 3.8) is 0 Å². The first kappa shape index (κ1) is 25.9. The second-order valence-electron chi connectivity index (χ2n) is 10.2. The Hall–Kier alpha value is -4.40. The van der Waals surface area contributed by atoms with Crippen molar-refractivity contribution in [1.29, 1.82) is 0 Å². The summed E-state index contributed by atoms with van der Waals surface area (Å²) in [6, 6.07) is 18.4. The lowest BCUT2D eigenvalue weighted by atomic mass is 9.94. The monoisotopic (exact) mass is 544 g/mol. The Morgan fingerprint density at radius 1 is 1.02 bits per heavy atom. The van der Waals surface area contributed by atoms with E-state index in [1.54, 1.807) is 12.1 Å². The van der Waals surface area contributed by atoms with Crippen molar-refractivity contribution >= 4 is 17.6 Å². The van der Waals surface area contributed by atoms with Crippen molar-refractivity contribution in [3.05, 3.63) is 95.6 Å². The van der Waals surface area contributed by atoms with Gasteiger partial charge in [-0.25, -0.2) is 18.2 Å². The van der Waals surface area contributed by atoms with Gasteiger partial charge in [-0.2, -0.15) is 0 Å². The van der Waals surface area contributed by atoms with E-state index in [1.165, 1.54) is 18.3 Å². The van der Waals surface area contributed by atoms with E-state index in [0.717, 1.165) is 47.5 Å². The number of amides is 2. The summed E-state index contributed by atoms with van der Waals surface area (Å²) in [5.41, 5.74) is 4.91. The third-order valence-electron chi connectivity index (χ3n) is 7.51. The summed E-state index contributed by atoms with van der Waals surface area (Å²) in [7, 11) is 0. The largest absolute Gasteiger partial charge is 0.357 e. The van der Waals surface area contributed by atoms with Gasteiger partial charge in [0.2, 0.25) is 12.3 Å². The molecule has 0 bridgehead atoms. The first-order valence-corrected chi connectivity index (χ1v) is 13.3. The zero-order chi connectivity index (χ0) is 27.8. The molecule has 0 saturated heterocycles. The second kappa shape index (κ2) is 10.6. The number of alkyl halides is 2. The Balaban J connectivity index is 1.35. The fourth-order valence-corrected chi connectivity index (χ4v) is 5.43. The Morgan fingerprint density at radius 3 is 2.48 bits per heavy atom. The van der Waals surface area contributed by atoms with Crippen LogP contribution in [0.1, 0.15) is 46.8 Å². The van der Waals surface area contributed by atoms with Gasteiger partial charge in [0.05, 0.1) is 17.2 Å². The number of fused-ring (bicyclic) bond motifs is 1. The number of hydrogen-bond donors (Lipinski definition) is 2. The van der Waals surface area contributed by atoms with Gasteiger partial charge in [-0.1, -0.05) is 42.5 Å². The van der Waals surface area contributed by atoms with Gasteiger partial charge in [-0.3, -0.25) is 9.59 Å². The van der Waals surface area contributed by atoms with E-state index in [4.69, 9.17) is 0 Å². The molecule has 0 unspecified atom stereocenters. The van der Waals surface area contributed by atoms with Crippen LogP contribution in [0.15, 0.2) is 72.9 Å². The molecule has 4 aromatic rings. The smallest absolute Gasteiger partial charge is 0.256 e. The Kier molecular flexibility index (Phi) is 6.88. The molecule has 2 aromatic heterocycles. The minimum atomic E-state index is -2.73. The molecule has 2 amide bonds. The predicted molar refractivity (Wildman–Crippen MR) is 146 cm³/mol. The van der Waals surface area contributed by atoms with E-state index in [-0.39, 0.29) is 17.3 Å². The van der Waals surface area contributed by atoms with E-state index in [0.29, 0.717) is 30.1 Å². The average molecular weight is 545 g/mol. The molecular formula is C31H27F3N4O2. The van der Waals surface area contributed by atoms with Crippen molar-refractivity contribution < 1.29 is 22.8 Å². The molecule has 9 heteroatoms. The molecule has 0 radical (unpaired) electrons. The molecule has 1 fully saturated rings. The van der Waals surface area contributed by atoms with Crippen LogP contribution in [0.3, 0.4) is 0 Å². The Labute approximate surface area is 229 Å². The second-order valence-corrected chi connectivity index (χ2v) is 10.2. The minimum Gasteiger partial charge on any atom is -0.357 e. The predicted octanol–water partition coefficient (Wildman–Crippen LogP) is 6.42. The molecule has 1 aliphatic heterocycles. The highest BCUT2D eigenvalue weighted by atomic mass is 19.3. The van der Waals surface area contributed by atoms with Gasteiger partial charge in [0, 0.05) is 48.4 Å². The normalized spacial score (nSPS) is 15.7. The first-order valence-electron chi connectivity index (χ1n) is 13.3. The van der Waals surface area contributed by atoms with Crippen LogP contribution in [0.25, 0.3) is 22.4 Å². The summed E-state index contributed by atoms with van der Waals surface area (Å²) in [6.45, 7) is 0.664. The van der Waals surface area contributed by atoms with Crippen molar-refractivity contribution in [2.24, 2.45) is 0 Å². The third-order valence-corrected chi connectivity index (χ3v) is 7.51. The number of hydrogen-bond acceptors (Lipinski definition) is 3. The maximum atomic E-state index is 13.6. The van der Waals surface area contributed by atoms with Gasteiger partial charge in [0.25, 0.3) is 5.91 Å². The molecule has 1 aliphatic carbocycles. The van der Waals surface area contributed by atoms with Gasteiger partial charge >= 0.3 is 0 Å². The summed E-state index contributed by atoms with van der Waals surface area (Å²) in [5.74, 6) is -2.17. The Morgan fingerprint density at radius 2 is 1.77 bits per heavy atom. The number of carbonyl (C=O) groups excluding carboxylic acids is 2. The maximum Gasteiger partial charge on any atom is 0.256 e. The zero-order valence-electron chi connectivity index (χ0n) is 21.5. The quantitative estimate of drug-likeness (QED) is 0.269. The summed E-state index contributed by atoms with van der Waals surface area (Å²) >= 11 is 0. The van der Waals surface area contributed by atoms with Gasteiger partial charge < -0.3 is 15.2 Å². The standard InChI is InChI=1S/C31H27F3N4O2/c32-21-8-6-18(7-9-21)23(17-25(33)34)30(39)37-26-16-20(12-14-35-26)29-27(19-4-2-1-3-5-19)28-24(36-29)13-15-38(31(28)40)22-10-11-22/h1-9,12,14,16,22-23,25,36H,10-11,13,15,17H2,(H,35,37,39)/t23-/m1/s1. The van der Waals surface area contributed by atoms with Crippen LogP contribution in [0, 0.1) is 5.82 Å². The SMILES string of the molecule is O=C(Nc1cc(-c2[nH]c3c(c2-c2ccccc2)C(=O)N(C2CC2)CC3)ccn1)[C@H](CC(F)F)c1ccc(F)cc1. The van der Waals surface area contributed by atoms with E-state index < -0.39 is 30.5 Å². The number of carbonyl (C=O) groups is 2. The topological polar surface area (TPSA) is 78.1 Å². The van der Waals surface area contributed by atoms with Crippen molar-refractivity contribution in [2.75, 3.05) is 11.9 Å². The number of pyridine rings is 1. The van der Waals surface area contributed by atoms with Crippen LogP contribution in [-0.2, 0) is 11.2 Å². The van der Waals surface area contributed by atoms with Crippen LogP contribution >= 0.6 is 0 Å². The van der Waals surface area contributed by atoms with Crippen LogP contribution in [0.5, 0.6) is 0 Å². The van der Waals surface area contributed by atoms with Gasteiger partial charge in [-0.05, 0) is 48.2 Å².